The maximum absolute atomic E-state index is 13.2. The number of aryl methyl sites for hydroxylation is 1. The lowest BCUT2D eigenvalue weighted by molar-refractivity contribution is -0.121. The molecule has 1 aliphatic rings. The fraction of sp³-hybridized carbons (Fsp3) is 0.344. The van der Waals surface area contributed by atoms with E-state index in [4.69, 9.17) is 4.74 Å². The number of methoxy groups -OCH3 is 1. The summed E-state index contributed by atoms with van der Waals surface area (Å²) in [6.45, 7) is 6.81. The molecule has 1 unspecified atom stereocenters. The van der Waals surface area contributed by atoms with Gasteiger partial charge in [0.1, 0.15) is 5.75 Å². The van der Waals surface area contributed by atoms with Crippen molar-refractivity contribution in [3.05, 3.63) is 101 Å². The molecule has 0 aliphatic carbocycles. The van der Waals surface area contributed by atoms with E-state index in [0.717, 1.165) is 37.5 Å². The van der Waals surface area contributed by atoms with Crippen LogP contribution in [0.2, 0.25) is 0 Å². The molecular weight excluding hydrogens is 458 g/mol. The average molecular weight is 496 g/mol. The Hall–Kier alpha value is -3.57. The zero-order valence-electron chi connectivity index (χ0n) is 22.0. The van der Waals surface area contributed by atoms with Gasteiger partial charge in [0.15, 0.2) is 0 Å². The average Bonchev–Trinajstić information content (AvgIpc) is 3.57. The van der Waals surface area contributed by atoms with Gasteiger partial charge in [-0.1, -0.05) is 60.2 Å². The van der Waals surface area contributed by atoms with Crippen LogP contribution in [0.15, 0.2) is 79.0 Å². The highest BCUT2D eigenvalue weighted by atomic mass is 16.5. The number of amides is 1. The van der Waals surface area contributed by atoms with Gasteiger partial charge in [0.05, 0.1) is 7.11 Å². The quantitative estimate of drug-likeness (QED) is 0.305. The topological polar surface area (TPSA) is 46.5 Å². The maximum Gasteiger partial charge on any atom is 0.220 e. The van der Waals surface area contributed by atoms with Gasteiger partial charge >= 0.3 is 0 Å². The number of hydrogen-bond donors (Lipinski definition) is 1. The first kappa shape index (κ1) is 25.1. The number of aromatic nitrogens is 1. The van der Waals surface area contributed by atoms with Crippen LogP contribution in [0.4, 0.5) is 0 Å². The lowest BCUT2D eigenvalue weighted by atomic mass is 9.88. The second-order valence-electron chi connectivity index (χ2n) is 10.1. The molecule has 0 radical (unpaired) electrons. The van der Waals surface area contributed by atoms with Gasteiger partial charge in [-0.25, -0.2) is 0 Å². The number of fused-ring (bicyclic) bond motifs is 1. The van der Waals surface area contributed by atoms with Crippen LogP contribution in [-0.4, -0.2) is 48.7 Å². The van der Waals surface area contributed by atoms with Crippen molar-refractivity contribution in [2.45, 2.75) is 38.6 Å². The Morgan fingerprint density at radius 3 is 2.43 bits per heavy atom. The zero-order valence-corrected chi connectivity index (χ0v) is 22.0. The minimum Gasteiger partial charge on any atom is -0.497 e. The van der Waals surface area contributed by atoms with Crippen LogP contribution in [0, 0.1) is 6.92 Å². The van der Waals surface area contributed by atoms with Gasteiger partial charge in [-0.05, 0) is 67.7 Å². The van der Waals surface area contributed by atoms with Crippen molar-refractivity contribution in [3.8, 4) is 5.75 Å². The van der Waals surface area contributed by atoms with E-state index in [1.54, 1.807) is 7.11 Å². The molecule has 0 bridgehead atoms. The second kappa shape index (κ2) is 11.7. The summed E-state index contributed by atoms with van der Waals surface area (Å²) in [6, 6.07) is 25.4. The highest BCUT2D eigenvalue weighted by Gasteiger charge is 2.23. The van der Waals surface area contributed by atoms with Crippen molar-refractivity contribution in [1.29, 1.82) is 0 Å². The summed E-state index contributed by atoms with van der Waals surface area (Å²) in [4.78, 5) is 15.6. The number of nitrogens with zero attached hydrogens (tertiary/aromatic N) is 2. The second-order valence-corrected chi connectivity index (χ2v) is 10.1. The van der Waals surface area contributed by atoms with Gasteiger partial charge in [-0.2, -0.15) is 0 Å². The molecule has 5 nitrogen and oxygen atoms in total. The van der Waals surface area contributed by atoms with Crippen LogP contribution in [0.5, 0.6) is 5.75 Å². The predicted octanol–water partition coefficient (Wildman–Crippen LogP) is 5.74. The van der Waals surface area contributed by atoms with Crippen molar-refractivity contribution in [3.63, 3.8) is 0 Å². The van der Waals surface area contributed by atoms with Crippen molar-refractivity contribution in [1.82, 2.24) is 14.8 Å². The van der Waals surface area contributed by atoms with E-state index in [-0.39, 0.29) is 11.8 Å². The van der Waals surface area contributed by atoms with Crippen LogP contribution in [-0.2, 0) is 11.3 Å². The van der Waals surface area contributed by atoms with E-state index in [9.17, 15) is 4.79 Å². The Kier molecular flexibility index (Phi) is 7.90. The molecule has 1 amide bonds. The molecule has 1 aliphatic heterocycles. The van der Waals surface area contributed by atoms with Crippen LogP contribution in [0.3, 0.4) is 0 Å². The Bertz CT molecular complexity index is 1320. The smallest absolute Gasteiger partial charge is 0.220 e. The van der Waals surface area contributed by atoms with Crippen LogP contribution >= 0.6 is 0 Å². The van der Waals surface area contributed by atoms with E-state index in [0.29, 0.717) is 13.0 Å². The number of benzene rings is 3. The van der Waals surface area contributed by atoms with Crippen molar-refractivity contribution < 1.29 is 9.53 Å². The number of ether oxygens (including phenoxy) is 1. The first-order valence-corrected chi connectivity index (χ1v) is 13.4. The number of para-hydroxylation sites is 1. The van der Waals surface area contributed by atoms with Gasteiger partial charge in [-0.3, -0.25) is 4.79 Å². The third-order valence-corrected chi connectivity index (χ3v) is 7.52. The Morgan fingerprint density at radius 2 is 1.70 bits per heavy atom. The number of nitrogens with one attached hydrogen (secondary N) is 1. The Labute approximate surface area is 220 Å². The van der Waals surface area contributed by atoms with E-state index in [1.807, 2.05) is 12.1 Å². The summed E-state index contributed by atoms with van der Waals surface area (Å²) in [7, 11) is 1.68. The standard InChI is InChI=1S/C32H37N3O2/c1-24-9-11-25(12-10-24)22-35-23-30(28-7-3-4-8-31(28)35)29(26-13-15-27(37-2)16-14-26)21-32(36)33-17-20-34-18-5-6-19-34/h3-4,7-16,23,29H,5-6,17-22H2,1-2H3,(H,33,36). The molecule has 1 fully saturated rings. The van der Waals surface area contributed by atoms with E-state index in [2.05, 4.69) is 88.6 Å². The lowest BCUT2D eigenvalue weighted by Crippen LogP contribution is -2.34. The van der Waals surface area contributed by atoms with E-state index in [1.165, 1.54) is 40.4 Å². The number of likely N-dealkylation sites (tertiary alicyclic amines) is 1. The maximum atomic E-state index is 13.2. The summed E-state index contributed by atoms with van der Waals surface area (Å²) in [6.07, 6.45) is 5.18. The van der Waals surface area contributed by atoms with Crippen molar-refractivity contribution >= 4 is 16.8 Å². The molecule has 0 saturated carbocycles. The fourth-order valence-corrected chi connectivity index (χ4v) is 5.43. The summed E-state index contributed by atoms with van der Waals surface area (Å²) >= 11 is 0. The van der Waals surface area contributed by atoms with E-state index >= 15 is 0 Å². The fourth-order valence-electron chi connectivity index (χ4n) is 5.43. The van der Waals surface area contributed by atoms with Crippen LogP contribution in [0.25, 0.3) is 10.9 Å². The Morgan fingerprint density at radius 1 is 0.973 bits per heavy atom. The first-order valence-electron chi connectivity index (χ1n) is 13.4. The summed E-state index contributed by atoms with van der Waals surface area (Å²) in [5.41, 5.74) is 6.01. The molecule has 2 heterocycles. The molecule has 1 atom stereocenters. The lowest BCUT2D eigenvalue weighted by Gasteiger charge is -2.19. The molecule has 5 rings (SSSR count). The van der Waals surface area contributed by atoms with Gasteiger partial charge in [0, 0.05) is 49.1 Å². The number of hydrogen-bond acceptors (Lipinski definition) is 3. The van der Waals surface area contributed by atoms with Crippen molar-refractivity contribution in [2.75, 3.05) is 33.3 Å². The molecule has 1 N–H and O–H groups in total. The molecule has 1 saturated heterocycles. The molecule has 4 aromatic rings. The van der Waals surface area contributed by atoms with Gasteiger partial charge in [0.2, 0.25) is 5.91 Å². The minimum atomic E-state index is -0.0538. The third-order valence-electron chi connectivity index (χ3n) is 7.52. The first-order chi connectivity index (χ1) is 18.1. The van der Waals surface area contributed by atoms with Crippen molar-refractivity contribution in [2.24, 2.45) is 0 Å². The van der Waals surface area contributed by atoms with Gasteiger partial charge in [0.25, 0.3) is 0 Å². The minimum absolute atomic E-state index is 0.0538. The van der Waals surface area contributed by atoms with Gasteiger partial charge in [-0.15, -0.1) is 0 Å². The van der Waals surface area contributed by atoms with Gasteiger partial charge < -0.3 is 19.5 Å². The number of carbonyl (C=O) groups excluding carboxylic acids is 1. The molecule has 37 heavy (non-hydrogen) atoms. The normalized spacial score (nSPS) is 14.6. The zero-order chi connectivity index (χ0) is 25.6. The summed E-state index contributed by atoms with van der Waals surface area (Å²) < 4.78 is 7.72. The third kappa shape index (κ3) is 6.05. The largest absolute Gasteiger partial charge is 0.497 e. The molecule has 192 valence electrons. The predicted molar refractivity (Wildman–Crippen MR) is 150 cm³/mol. The summed E-state index contributed by atoms with van der Waals surface area (Å²) in [5.74, 6) is 0.858. The van der Waals surface area contributed by atoms with Crippen LogP contribution in [0.1, 0.15) is 47.4 Å². The molecule has 1 aromatic heterocycles. The summed E-state index contributed by atoms with van der Waals surface area (Å²) in [5, 5.41) is 4.38. The molecule has 0 spiro atoms. The molecule has 5 heteroatoms. The monoisotopic (exact) mass is 495 g/mol. The van der Waals surface area contributed by atoms with E-state index < -0.39 is 0 Å². The highest BCUT2D eigenvalue weighted by molar-refractivity contribution is 5.86. The highest BCUT2D eigenvalue weighted by Crippen LogP contribution is 2.35. The number of rotatable bonds is 10. The number of carbonyl (C=O) groups is 1. The van der Waals surface area contributed by atoms with Crippen LogP contribution < -0.4 is 10.1 Å². The molecule has 3 aromatic carbocycles. The Balaban J connectivity index is 1.44. The molecular formula is C32H37N3O2. The SMILES string of the molecule is COc1ccc(C(CC(=O)NCCN2CCCC2)c2cn(Cc3ccc(C)cc3)c3ccccc23)cc1.